The van der Waals surface area contributed by atoms with Crippen molar-refractivity contribution in [2.75, 3.05) is 7.11 Å². The van der Waals surface area contributed by atoms with Crippen molar-refractivity contribution < 1.29 is 14.6 Å². The highest BCUT2D eigenvalue weighted by Crippen LogP contribution is 2.26. The van der Waals surface area contributed by atoms with Gasteiger partial charge in [0, 0.05) is 10.1 Å². The van der Waals surface area contributed by atoms with E-state index in [1.165, 1.54) is 0 Å². The molecule has 3 nitrogen and oxygen atoms in total. The lowest BCUT2D eigenvalue weighted by atomic mass is 10.3. The normalized spacial score (nSPS) is 12.1. The second kappa shape index (κ2) is 5.66. The summed E-state index contributed by atoms with van der Waals surface area (Å²) in [7, 11) is 1.62. The van der Waals surface area contributed by atoms with Crippen molar-refractivity contribution in [1.82, 2.24) is 0 Å². The molecule has 82 valence electrons. The van der Waals surface area contributed by atoms with Gasteiger partial charge in [0.2, 0.25) is 0 Å². The number of ether oxygens (including phenoxy) is 1. The number of aliphatic carboxylic acids is 1. The van der Waals surface area contributed by atoms with Crippen LogP contribution in [0, 0.1) is 0 Å². The fraction of sp³-hybridized carbons (Fsp3) is 0.364. The van der Waals surface area contributed by atoms with Crippen LogP contribution < -0.4 is 4.74 Å². The minimum Gasteiger partial charge on any atom is -0.497 e. The van der Waals surface area contributed by atoms with Gasteiger partial charge in [-0.05, 0) is 24.3 Å². The molecule has 1 N–H and O–H groups in total. The number of methoxy groups -OCH3 is 1. The first-order valence-corrected chi connectivity index (χ1v) is 5.52. The third-order valence-electron chi connectivity index (χ3n) is 1.86. The largest absolute Gasteiger partial charge is 0.497 e. The molecule has 15 heavy (non-hydrogen) atoms. The quantitative estimate of drug-likeness (QED) is 0.784. The third kappa shape index (κ3) is 4.25. The number of thioether (sulfide) groups is 1. The number of carboxylic acids is 1. The van der Waals surface area contributed by atoms with Crippen molar-refractivity contribution in [3.8, 4) is 5.75 Å². The van der Waals surface area contributed by atoms with Crippen LogP contribution in [0.1, 0.15) is 13.3 Å². The number of hydrogen-bond acceptors (Lipinski definition) is 3. The van der Waals surface area contributed by atoms with Crippen molar-refractivity contribution >= 4 is 17.7 Å². The molecule has 0 heterocycles. The molecule has 0 saturated heterocycles. The Balaban J connectivity index is 2.53. The Bertz CT molecular complexity index is 321. The summed E-state index contributed by atoms with van der Waals surface area (Å²) in [5.41, 5.74) is 0. The molecule has 1 aromatic rings. The maximum Gasteiger partial charge on any atom is 0.304 e. The summed E-state index contributed by atoms with van der Waals surface area (Å²) >= 11 is 1.55. The maximum absolute atomic E-state index is 10.5. The number of carboxylic acid groups (broad SMARTS) is 1. The van der Waals surface area contributed by atoms with Crippen LogP contribution in [-0.2, 0) is 4.79 Å². The molecule has 0 radical (unpaired) electrons. The molecule has 1 atom stereocenters. The van der Waals surface area contributed by atoms with E-state index >= 15 is 0 Å². The molecule has 0 spiro atoms. The van der Waals surface area contributed by atoms with Crippen molar-refractivity contribution in [1.29, 1.82) is 0 Å². The molecule has 0 aliphatic carbocycles. The molecule has 0 bridgehead atoms. The van der Waals surface area contributed by atoms with E-state index in [0.717, 1.165) is 10.6 Å². The lowest BCUT2D eigenvalue weighted by Crippen LogP contribution is -2.05. The predicted molar refractivity (Wildman–Crippen MR) is 60.6 cm³/mol. The zero-order chi connectivity index (χ0) is 11.3. The Kier molecular flexibility index (Phi) is 4.49. The highest BCUT2D eigenvalue weighted by Gasteiger charge is 2.08. The Morgan fingerprint density at radius 1 is 1.47 bits per heavy atom. The minimum absolute atomic E-state index is 0.0795. The van der Waals surface area contributed by atoms with Gasteiger partial charge in [-0.3, -0.25) is 4.79 Å². The Hall–Kier alpha value is -1.16. The van der Waals surface area contributed by atoms with Crippen LogP contribution in [0.3, 0.4) is 0 Å². The monoisotopic (exact) mass is 226 g/mol. The number of benzene rings is 1. The number of carbonyl (C=O) groups is 1. The molecular formula is C11H14O3S. The standard InChI is InChI=1S/C11H14O3S/c1-8(7-11(12)13)15-10-5-3-9(14-2)4-6-10/h3-6,8H,7H2,1-2H3,(H,12,13)/t8-/m0/s1. The summed E-state index contributed by atoms with van der Waals surface area (Å²) in [5.74, 6) is 0.0498. The van der Waals surface area contributed by atoms with Gasteiger partial charge in [0.15, 0.2) is 0 Å². The van der Waals surface area contributed by atoms with Gasteiger partial charge in [-0.25, -0.2) is 0 Å². The molecule has 0 aliphatic heterocycles. The summed E-state index contributed by atoms with van der Waals surface area (Å²) in [4.78, 5) is 11.5. The van der Waals surface area contributed by atoms with Crippen molar-refractivity contribution in [2.24, 2.45) is 0 Å². The minimum atomic E-state index is -0.761. The Morgan fingerprint density at radius 2 is 2.07 bits per heavy atom. The third-order valence-corrected chi connectivity index (χ3v) is 2.97. The van der Waals surface area contributed by atoms with E-state index < -0.39 is 5.97 Å². The fourth-order valence-corrected chi connectivity index (χ4v) is 2.16. The van der Waals surface area contributed by atoms with E-state index in [1.54, 1.807) is 18.9 Å². The molecular weight excluding hydrogens is 212 g/mol. The SMILES string of the molecule is COc1ccc(S[C@@H](C)CC(=O)O)cc1. The number of rotatable bonds is 5. The highest BCUT2D eigenvalue weighted by molar-refractivity contribution is 8.00. The number of hydrogen-bond donors (Lipinski definition) is 1. The molecule has 0 amide bonds. The summed E-state index contributed by atoms with van der Waals surface area (Å²) < 4.78 is 5.04. The molecule has 0 fully saturated rings. The summed E-state index contributed by atoms with van der Waals surface area (Å²) in [5, 5.41) is 8.69. The van der Waals surface area contributed by atoms with Gasteiger partial charge >= 0.3 is 5.97 Å². The van der Waals surface area contributed by atoms with Crippen LogP contribution in [0.25, 0.3) is 0 Å². The van der Waals surface area contributed by atoms with E-state index in [0.29, 0.717) is 0 Å². The molecule has 0 aromatic heterocycles. The van der Waals surface area contributed by atoms with Crippen LogP contribution >= 0.6 is 11.8 Å². The van der Waals surface area contributed by atoms with Gasteiger partial charge in [0.25, 0.3) is 0 Å². The fourth-order valence-electron chi connectivity index (χ4n) is 1.17. The van der Waals surface area contributed by atoms with Crippen LogP contribution in [0.4, 0.5) is 0 Å². The molecule has 0 unspecified atom stereocenters. The molecule has 0 saturated carbocycles. The van der Waals surface area contributed by atoms with Crippen molar-refractivity contribution in [2.45, 2.75) is 23.5 Å². The first-order valence-electron chi connectivity index (χ1n) is 4.64. The van der Waals surface area contributed by atoms with Crippen molar-refractivity contribution in [3.05, 3.63) is 24.3 Å². The Labute approximate surface area is 93.4 Å². The lowest BCUT2D eigenvalue weighted by molar-refractivity contribution is -0.136. The van der Waals surface area contributed by atoms with Gasteiger partial charge in [-0.2, -0.15) is 0 Å². The molecule has 0 aliphatic rings. The summed E-state index contributed by atoms with van der Waals surface area (Å²) in [6, 6.07) is 7.61. The first-order chi connectivity index (χ1) is 7.11. The predicted octanol–water partition coefficient (Wildman–Crippen LogP) is 2.65. The van der Waals surface area contributed by atoms with E-state index in [-0.39, 0.29) is 11.7 Å². The first kappa shape index (κ1) is 11.9. The molecule has 4 heteroatoms. The van der Waals surface area contributed by atoms with Gasteiger partial charge < -0.3 is 9.84 Å². The maximum atomic E-state index is 10.5. The summed E-state index contributed by atoms with van der Waals surface area (Å²) in [6.45, 7) is 1.91. The van der Waals surface area contributed by atoms with Gasteiger partial charge in [-0.15, -0.1) is 11.8 Å². The highest BCUT2D eigenvalue weighted by atomic mass is 32.2. The van der Waals surface area contributed by atoms with Gasteiger partial charge in [-0.1, -0.05) is 6.92 Å². The van der Waals surface area contributed by atoms with E-state index in [4.69, 9.17) is 9.84 Å². The van der Waals surface area contributed by atoms with Crippen molar-refractivity contribution in [3.63, 3.8) is 0 Å². The second-order valence-electron chi connectivity index (χ2n) is 3.20. The average molecular weight is 226 g/mol. The zero-order valence-electron chi connectivity index (χ0n) is 8.77. The van der Waals surface area contributed by atoms with Gasteiger partial charge in [0.1, 0.15) is 5.75 Å². The smallest absolute Gasteiger partial charge is 0.304 e. The Morgan fingerprint density at radius 3 is 2.53 bits per heavy atom. The average Bonchev–Trinajstić information content (AvgIpc) is 2.17. The molecule has 1 rings (SSSR count). The van der Waals surface area contributed by atoms with E-state index in [9.17, 15) is 4.79 Å². The lowest BCUT2D eigenvalue weighted by Gasteiger charge is -2.08. The summed E-state index contributed by atoms with van der Waals surface area (Å²) in [6.07, 6.45) is 0.177. The second-order valence-corrected chi connectivity index (χ2v) is 4.71. The van der Waals surface area contributed by atoms with E-state index in [1.807, 2.05) is 31.2 Å². The van der Waals surface area contributed by atoms with E-state index in [2.05, 4.69) is 0 Å². The molecule has 1 aromatic carbocycles. The van der Waals surface area contributed by atoms with Crippen LogP contribution in [0.15, 0.2) is 29.2 Å². The van der Waals surface area contributed by atoms with Crippen LogP contribution in [-0.4, -0.2) is 23.4 Å². The zero-order valence-corrected chi connectivity index (χ0v) is 9.58. The topological polar surface area (TPSA) is 46.5 Å². The van der Waals surface area contributed by atoms with Crippen LogP contribution in [0.5, 0.6) is 5.75 Å². The van der Waals surface area contributed by atoms with Gasteiger partial charge in [0.05, 0.1) is 13.5 Å². The van der Waals surface area contributed by atoms with Crippen LogP contribution in [0.2, 0.25) is 0 Å².